The lowest BCUT2D eigenvalue weighted by atomic mass is 10.0. The maximum atomic E-state index is 11.1. The minimum Gasteiger partial charge on any atom is -0.264 e. The van der Waals surface area contributed by atoms with Gasteiger partial charge in [0.2, 0.25) is 6.04 Å². The van der Waals surface area contributed by atoms with E-state index in [0.717, 1.165) is 18.4 Å². The number of hydrogen-bond acceptors (Lipinski definition) is 2. The molecule has 3 heteroatoms. The van der Waals surface area contributed by atoms with Crippen LogP contribution in [0.4, 0.5) is 0 Å². The van der Waals surface area contributed by atoms with Gasteiger partial charge in [0, 0.05) is 16.9 Å². The van der Waals surface area contributed by atoms with Crippen LogP contribution in [-0.4, -0.2) is 4.92 Å². The molecule has 0 amide bonds. The number of rotatable bonds is 9. The third-order valence-electron chi connectivity index (χ3n) is 3.27. The van der Waals surface area contributed by atoms with E-state index in [1.807, 2.05) is 30.3 Å². The van der Waals surface area contributed by atoms with Crippen molar-refractivity contribution in [2.75, 3.05) is 0 Å². The molecule has 0 fully saturated rings. The second-order valence-corrected chi connectivity index (χ2v) is 4.77. The molecular formula is C15H23NO2. The molecule has 0 radical (unpaired) electrons. The Hall–Kier alpha value is -1.38. The molecule has 0 N–H and O–H groups in total. The molecule has 0 aromatic heterocycles. The molecule has 0 saturated heterocycles. The van der Waals surface area contributed by atoms with Crippen molar-refractivity contribution in [2.45, 2.75) is 57.9 Å². The lowest BCUT2D eigenvalue weighted by Crippen LogP contribution is -2.10. The largest absolute Gasteiger partial charge is 0.264 e. The molecule has 0 bridgehead atoms. The zero-order valence-electron chi connectivity index (χ0n) is 11.2. The highest BCUT2D eigenvalue weighted by Crippen LogP contribution is 2.23. The highest BCUT2D eigenvalue weighted by atomic mass is 16.6. The van der Waals surface area contributed by atoms with Crippen molar-refractivity contribution >= 4 is 0 Å². The van der Waals surface area contributed by atoms with Crippen molar-refractivity contribution in [3.63, 3.8) is 0 Å². The zero-order valence-corrected chi connectivity index (χ0v) is 11.2. The van der Waals surface area contributed by atoms with Crippen LogP contribution >= 0.6 is 0 Å². The summed E-state index contributed by atoms with van der Waals surface area (Å²) in [5.74, 6) is 0. The fourth-order valence-electron chi connectivity index (χ4n) is 2.19. The molecule has 3 nitrogen and oxygen atoms in total. The summed E-state index contributed by atoms with van der Waals surface area (Å²) in [5, 5.41) is 11.1. The Bertz CT molecular complexity index is 338. The average Bonchev–Trinajstić information content (AvgIpc) is 2.38. The first-order chi connectivity index (χ1) is 8.75. The summed E-state index contributed by atoms with van der Waals surface area (Å²) in [7, 11) is 0. The fourth-order valence-corrected chi connectivity index (χ4v) is 2.19. The van der Waals surface area contributed by atoms with Gasteiger partial charge in [0.1, 0.15) is 0 Å². The molecule has 1 unspecified atom stereocenters. The van der Waals surface area contributed by atoms with Gasteiger partial charge in [0.25, 0.3) is 0 Å². The van der Waals surface area contributed by atoms with Gasteiger partial charge in [-0.25, -0.2) is 0 Å². The molecule has 0 aliphatic carbocycles. The Balaban J connectivity index is 2.34. The van der Waals surface area contributed by atoms with E-state index < -0.39 is 6.04 Å². The van der Waals surface area contributed by atoms with Gasteiger partial charge in [-0.05, 0) is 6.42 Å². The van der Waals surface area contributed by atoms with Crippen LogP contribution in [0.25, 0.3) is 0 Å². The third-order valence-corrected chi connectivity index (χ3v) is 3.27. The monoisotopic (exact) mass is 249 g/mol. The predicted molar refractivity (Wildman–Crippen MR) is 74.2 cm³/mol. The fraction of sp³-hybridized carbons (Fsp3) is 0.600. The van der Waals surface area contributed by atoms with Gasteiger partial charge in [0.05, 0.1) is 0 Å². The van der Waals surface area contributed by atoms with E-state index in [2.05, 4.69) is 6.92 Å². The quantitative estimate of drug-likeness (QED) is 0.360. The highest BCUT2D eigenvalue weighted by molar-refractivity contribution is 5.17. The second-order valence-electron chi connectivity index (χ2n) is 4.77. The summed E-state index contributed by atoms with van der Waals surface area (Å²) in [6.45, 7) is 2.19. The molecule has 18 heavy (non-hydrogen) atoms. The van der Waals surface area contributed by atoms with Gasteiger partial charge in [-0.15, -0.1) is 0 Å². The SMILES string of the molecule is CCCCCCCCC(c1ccccc1)[N+](=O)[O-]. The van der Waals surface area contributed by atoms with E-state index in [1.165, 1.54) is 25.7 Å². The summed E-state index contributed by atoms with van der Waals surface area (Å²) in [6, 6.07) is 8.80. The number of hydrogen-bond donors (Lipinski definition) is 0. The first-order valence-electron chi connectivity index (χ1n) is 6.94. The van der Waals surface area contributed by atoms with E-state index in [-0.39, 0.29) is 4.92 Å². The first kappa shape index (κ1) is 14.7. The van der Waals surface area contributed by atoms with Gasteiger partial charge in [0.15, 0.2) is 0 Å². The normalized spacial score (nSPS) is 12.3. The maximum Gasteiger partial charge on any atom is 0.238 e. The van der Waals surface area contributed by atoms with Crippen molar-refractivity contribution < 1.29 is 4.92 Å². The lowest BCUT2D eigenvalue weighted by molar-refractivity contribution is -0.530. The zero-order chi connectivity index (χ0) is 13.2. The molecular weight excluding hydrogens is 226 g/mol. The van der Waals surface area contributed by atoms with Crippen LogP contribution in [0, 0.1) is 10.1 Å². The van der Waals surface area contributed by atoms with Crippen molar-refractivity contribution in [3.05, 3.63) is 46.0 Å². The van der Waals surface area contributed by atoms with Gasteiger partial charge < -0.3 is 0 Å². The van der Waals surface area contributed by atoms with Crippen molar-refractivity contribution in [1.82, 2.24) is 0 Å². The molecule has 1 aromatic carbocycles. The summed E-state index contributed by atoms with van der Waals surface area (Å²) in [5.41, 5.74) is 0.830. The summed E-state index contributed by atoms with van der Waals surface area (Å²) >= 11 is 0. The maximum absolute atomic E-state index is 11.1. The molecule has 1 atom stereocenters. The topological polar surface area (TPSA) is 43.1 Å². The van der Waals surface area contributed by atoms with Crippen molar-refractivity contribution in [1.29, 1.82) is 0 Å². The van der Waals surface area contributed by atoms with Crippen LogP contribution in [0.3, 0.4) is 0 Å². The Morgan fingerprint density at radius 2 is 1.67 bits per heavy atom. The number of benzene rings is 1. The van der Waals surface area contributed by atoms with Crippen LogP contribution < -0.4 is 0 Å². The molecule has 0 spiro atoms. The Morgan fingerprint density at radius 3 is 2.28 bits per heavy atom. The number of nitro groups is 1. The van der Waals surface area contributed by atoms with Gasteiger partial charge in [-0.1, -0.05) is 69.4 Å². The van der Waals surface area contributed by atoms with Crippen LogP contribution in [0.1, 0.15) is 63.5 Å². The second kappa shape index (κ2) is 8.67. The molecule has 0 heterocycles. The molecule has 100 valence electrons. The van der Waals surface area contributed by atoms with Gasteiger partial charge in [-0.2, -0.15) is 0 Å². The highest BCUT2D eigenvalue weighted by Gasteiger charge is 2.21. The lowest BCUT2D eigenvalue weighted by Gasteiger charge is -2.09. The minimum absolute atomic E-state index is 0.151. The predicted octanol–water partition coefficient (Wildman–Crippen LogP) is 4.76. The molecule has 1 aromatic rings. The summed E-state index contributed by atoms with van der Waals surface area (Å²) in [4.78, 5) is 10.9. The van der Waals surface area contributed by atoms with Gasteiger partial charge in [-0.3, -0.25) is 10.1 Å². The number of unbranched alkanes of at least 4 members (excludes halogenated alkanes) is 5. The van der Waals surface area contributed by atoms with Crippen LogP contribution in [0.5, 0.6) is 0 Å². The average molecular weight is 249 g/mol. The Labute approximate surface area is 109 Å². The van der Waals surface area contributed by atoms with E-state index in [0.29, 0.717) is 6.42 Å². The molecule has 0 aliphatic rings. The molecule has 0 saturated carbocycles. The summed E-state index contributed by atoms with van der Waals surface area (Å²) in [6.07, 6.45) is 7.68. The van der Waals surface area contributed by atoms with Gasteiger partial charge >= 0.3 is 0 Å². The third kappa shape index (κ3) is 5.30. The first-order valence-corrected chi connectivity index (χ1v) is 6.94. The smallest absolute Gasteiger partial charge is 0.238 e. The van der Waals surface area contributed by atoms with Crippen molar-refractivity contribution in [2.24, 2.45) is 0 Å². The van der Waals surface area contributed by atoms with E-state index in [9.17, 15) is 10.1 Å². The minimum atomic E-state index is -0.530. The Morgan fingerprint density at radius 1 is 1.06 bits per heavy atom. The van der Waals surface area contributed by atoms with E-state index in [1.54, 1.807) is 0 Å². The van der Waals surface area contributed by atoms with E-state index >= 15 is 0 Å². The standard InChI is InChI=1S/C15H23NO2/c1-2-3-4-5-6-10-13-15(16(17)18)14-11-8-7-9-12-14/h7-9,11-12,15H,2-6,10,13H2,1H3. The van der Waals surface area contributed by atoms with Crippen LogP contribution in [0.2, 0.25) is 0 Å². The summed E-state index contributed by atoms with van der Waals surface area (Å²) < 4.78 is 0. The number of nitrogens with zero attached hydrogens (tertiary/aromatic N) is 1. The van der Waals surface area contributed by atoms with E-state index in [4.69, 9.17) is 0 Å². The van der Waals surface area contributed by atoms with Crippen LogP contribution in [0.15, 0.2) is 30.3 Å². The Kier molecular flexibility index (Phi) is 7.07. The molecule has 1 rings (SSSR count). The van der Waals surface area contributed by atoms with Crippen molar-refractivity contribution in [3.8, 4) is 0 Å². The van der Waals surface area contributed by atoms with Crippen LogP contribution in [-0.2, 0) is 0 Å². The molecule has 0 aliphatic heterocycles.